The summed E-state index contributed by atoms with van der Waals surface area (Å²) in [6, 6.07) is 5.15. The standard InChI is InChI=1S/C15H16N4O2/c1-9-5-6-11-10(7-9)14(20)18(4)13-12(15(21)17(2)3)16-8-19(11)13/h5-8H,1-4H3/i2D3,3D3. The molecule has 3 aromatic rings. The van der Waals surface area contributed by atoms with Gasteiger partial charge in [0.15, 0.2) is 11.3 Å². The van der Waals surface area contributed by atoms with Crippen molar-refractivity contribution in [2.45, 2.75) is 6.92 Å². The third-order valence-corrected chi connectivity index (χ3v) is 3.41. The van der Waals surface area contributed by atoms with Crippen LogP contribution in [0.4, 0.5) is 0 Å². The fraction of sp³-hybridized carbons (Fsp3) is 0.267. The van der Waals surface area contributed by atoms with Crippen molar-refractivity contribution in [1.29, 1.82) is 0 Å². The van der Waals surface area contributed by atoms with Gasteiger partial charge in [0.05, 0.1) is 10.9 Å². The van der Waals surface area contributed by atoms with E-state index in [9.17, 15) is 9.59 Å². The zero-order chi connectivity index (χ0) is 20.3. The lowest BCUT2D eigenvalue weighted by Crippen LogP contribution is -2.25. The number of rotatable bonds is 1. The van der Waals surface area contributed by atoms with Crippen LogP contribution in [0.3, 0.4) is 0 Å². The first-order chi connectivity index (χ1) is 12.3. The number of hydrogen-bond donors (Lipinski definition) is 0. The molecule has 1 aromatic carbocycles. The highest BCUT2D eigenvalue weighted by molar-refractivity contribution is 5.99. The lowest BCUT2D eigenvalue weighted by molar-refractivity contribution is 0.0824. The van der Waals surface area contributed by atoms with Crippen molar-refractivity contribution in [3.05, 3.63) is 46.1 Å². The number of aryl methyl sites for hydroxylation is 2. The Morgan fingerprint density at radius 3 is 2.86 bits per heavy atom. The number of carbonyl (C=O) groups excluding carboxylic acids is 1. The Balaban J connectivity index is 2.34. The summed E-state index contributed by atoms with van der Waals surface area (Å²) in [6.07, 6.45) is 1.26. The third-order valence-electron chi connectivity index (χ3n) is 3.41. The molecule has 3 rings (SSSR count). The van der Waals surface area contributed by atoms with Gasteiger partial charge in [0, 0.05) is 29.2 Å². The van der Waals surface area contributed by atoms with E-state index in [-0.39, 0.29) is 10.5 Å². The molecule has 0 saturated carbocycles. The van der Waals surface area contributed by atoms with Crippen LogP contribution in [-0.2, 0) is 7.05 Å². The molecule has 6 nitrogen and oxygen atoms in total. The minimum Gasteiger partial charge on any atom is -0.343 e. The van der Waals surface area contributed by atoms with E-state index in [1.54, 1.807) is 18.2 Å². The number of imidazole rings is 1. The number of fused-ring (bicyclic) bond motifs is 3. The second kappa shape index (κ2) is 4.44. The lowest BCUT2D eigenvalue weighted by Gasteiger charge is -2.11. The van der Waals surface area contributed by atoms with Gasteiger partial charge in [0.2, 0.25) is 0 Å². The summed E-state index contributed by atoms with van der Waals surface area (Å²) >= 11 is 0. The predicted octanol–water partition coefficient (Wildman–Crippen LogP) is 1.20. The van der Waals surface area contributed by atoms with Gasteiger partial charge in [-0.15, -0.1) is 0 Å². The van der Waals surface area contributed by atoms with Gasteiger partial charge in [-0.2, -0.15) is 0 Å². The maximum absolute atomic E-state index is 12.8. The maximum Gasteiger partial charge on any atom is 0.275 e. The number of aromatic nitrogens is 3. The fourth-order valence-corrected chi connectivity index (χ4v) is 2.40. The smallest absolute Gasteiger partial charge is 0.275 e. The van der Waals surface area contributed by atoms with E-state index >= 15 is 0 Å². The fourth-order valence-electron chi connectivity index (χ4n) is 2.40. The van der Waals surface area contributed by atoms with Gasteiger partial charge in [-0.05, 0) is 19.1 Å². The van der Waals surface area contributed by atoms with Crippen LogP contribution in [-0.4, -0.2) is 38.7 Å². The molecular weight excluding hydrogens is 268 g/mol. The summed E-state index contributed by atoms with van der Waals surface area (Å²) in [6.45, 7) is -4.58. The van der Waals surface area contributed by atoms with E-state index in [1.807, 2.05) is 6.92 Å². The zero-order valence-corrected chi connectivity index (χ0v) is 11.4. The van der Waals surface area contributed by atoms with Crippen molar-refractivity contribution in [3.8, 4) is 0 Å². The highest BCUT2D eigenvalue weighted by Gasteiger charge is 2.20. The zero-order valence-electron chi connectivity index (χ0n) is 17.4. The molecule has 1 amide bonds. The molecular formula is C15H16N4O2. The normalized spacial score (nSPS) is 16.7. The Morgan fingerprint density at radius 1 is 1.38 bits per heavy atom. The SMILES string of the molecule is [2H]C([2H])([2H])N(C(=O)c1ncn2c3ccc(C)cc3c(=O)n(C)c12)C([2H])([2H])[2H]. The largest absolute Gasteiger partial charge is 0.343 e. The summed E-state index contributed by atoms with van der Waals surface area (Å²) < 4.78 is 47.1. The van der Waals surface area contributed by atoms with E-state index in [2.05, 4.69) is 4.98 Å². The molecule has 108 valence electrons. The van der Waals surface area contributed by atoms with E-state index in [0.717, 1.165) is 10.1 Å². The summed E-state index contributed by atoms with van der Waals surface area (Å²) in [7, 11) is 1.41. The number of benzene rings is 1. The number of nitrogens with zero attached hydrogens (tertiary/aromatic N) is 4. The monoisotopic (exact) mass is 290 g/mol. The van der Waals surface area contributed by atoms with Gasteiger partial charge in [0.1, 0.15) is 6.33 Å². The summed E-state index contributed by atoms with van der Waals surface area (Å²) in [5.74, 6) is -1.31. The van der Waals surface area contributed by atoms with Crippen molar-refractivity contribution in [1.82, 2.24) is 18.9 Å². The van der Waals surface area contributed by atoms with Crippen molar-refractivity contribution >= 4 is 22.5 Å². The van der Waals surface area contributed by atoms with Crippen molar-refractivity contribution < 1.29 is 13.0 Å². The number of hydrogen-bond acceptors (Lipinski definition) is 3. The van der Waals surface area contributed by atoms with Crippen LogP contribution in [0.15, 0.2) is 29.3 Å². The van der Waals surface area contributed by atoms with Gasteiger partial charge in [-0.3, -0.25) is 18.6 Å². The summed E-state index contributed by atoms with van der Waals surface area (Å²) in [5, 5.41) is 0.393. The van der Waals surface area contributed by atoms with Crippen molar-refractivity contribution in [2.75, 3.05) is 14.0 Å². The third kappa shape index (κ3) is 1.83. The lowest BCUT2D eigenvalue weighted by atomic mass is 10.1. The summed E-state index contributed by atoms with van der Waals surface area (Å²) in [4.78, 5) is 29.2. The average Bonchev–Trinajstić information content (AvgIpc) is 2.94. The van der Waals surface area contributed by atoms with Crippen molar-refractivity contribution in [2.24, 2.45) is 7.05 Å². The Hall–Kier alpha value is -2.63. The van der Waals surface area contributed by atoms with Gasteiger partial charge in [0.25, 0.3) is 11.5 Å². The van der Waals surface area contributed by atoms with Gasteiger partial charge in [-0.1, -0.05) is 11.6 Å². The van der Waals surface area contributed by atoms with Crippen molar-refractivity contribution in [3.63, 3.8) is 0 Å². The molecule has 0 aliphatic rings. The number of carbonyl (C=O) groups is 1. The van der Waals surface area contributed by atoms with Crippen LogP contribution in [0.25, 0.3) is 16.6 Å². The molecule has 0 unspecified atom stereocenters. The Labute approximate surface area is 129 Å². The molecule has 0 saturated heterocycles. The first-order valence-electron chi connectivity index (χ1n) is 9.15. The van der Waals surface area contributed by atoms with Crippen LogP contribution >= 0.6 is 0 Å². The molecule has 21 heavy (non-hydrogen) atoms. The molecule has 0 aliphatic heterocycles. The minimum absolute atomic E-state index is 0.0138. The molecule has 2 aromatic heterocycles. The highest BCUT2D eigenvalue weighted by Crippen LogP contribution is 2.17. The number of amides is 1. The molecule has 0 spiro atoms. The van der Waals surface area contributed by atoms with Crippen LogP contribution < -0.4 is 5.56 Å². The van der Waals surface area contributed by atoms with E-state index in [4.69, 9.17) is 8.22 Å². The minimum atomic E-state index is -3.20. The Kier molecular flexibility index (Phi) is 1.69. The summed E-state index contributed by atoms with van der Waals surface area (Å²) in [5.41, 5.74) is 0.514. The Morgan fingerprint density at radius 2 is 2.14 bits per heavy atom. The van der Waals surface area contributed by atoms with E-state index < -0.39 is 31.1 Å². The average molecular weight is 290 g/mol. The molecule has 0 aliphatic carbocycles. The first kappa shape index (κ1) is 7.97. The second-order valence-corrected chi connectivity index (χ2v) is 4.81. The quantitative estimate of drug-likeness (QED) is 0.676. The molecule has 0 N–H and O–H groups in total. The first-order valence-corrected chi connectivity index (χ1v) is 6.15. The Bertz CT molecular complexity index is 1110. The van der Waals surface area contributed by atoms with Crippen LogP contribution in [0, 0.1) is 6.92 Å². The van der Waals surface area contributed by atoms with Crippen LogP contribution in [0.5, 0.6) is 0 Å². The topological polar surface area (TPSA) is 59.6 Å². The molecule has 0 atom stereocenters. The van der Waals surface area contributed by atoms with Gasteiger partial charge in [-0.25, -0.2) is 4.98 Å². The molecule has 0 radical (unpaired) electrons. The van der Waals surface area contributed by atoms with E-state index in [0.29, 0.717) is 10.9 Å². The predicted molar refractivity (Wildman–Crippen MR) is 80.7 cm³/mol. The molecule has 6 heteroatoms. The van der Waals surface area contributed by atoms with Gasteiger partial charge < -0.3 is 4.90 Å². The molecule has 2 heterocycles. The molecule has 0 bridgehead atoms. The second-order valence-electron chi connectivity index (χ2n) is 4.81. The molecule has 0 fully saturated rings. The highest BCUT2D eigenvalue weighted by atomic mass is 16.2. The maximum atomic E-state index is 12.8. The van der Waals surface area contributed by atoms with Crippen LogP contribution in [0.1, 0.15) is 24.3 Å². The van der Waals surface area contributed by atoms with Gasteiger partial charge >= 0.3 is 0 Å². The van der Waals surface area contributed by atoms with Crippen LogP contribution in [0.2, 0.25) is 0 Å². The van der Waals surface area contributed by atoms with E-state index in [1.165, 1.54) is 17.8 Å².